The zero-order valence-corrected chi connectivity index (χ0v) is 9.98. The molecule has 0 heteroatoms. The van der Waals surface area contributed by atoms with E-state index in [1.165, 1.54) is 19.3 Å². The zero-order valence-electron chi connectivity index (χ0n) is 9.98. The summed E-state index contributed by atoms with van der Waals surface area (Å²) in [5.74, 6) is 0.882. The highest BCUT2D eigenvalue weighted by Crippen LogP contribution is 2.08. The van der Waals surface area contributed by atoms with Crippen molar-refractivity contribution >= 4 is 0 Å². The summed E-state index contributed by atoms with van der Waals surface area (Å²) >= 11 is 0. The maximum Gasteiger partial charge on any atom is -0.0351 e. The fourth-order valence-electron chi connectivity index (χ4n) is 0.606. The molecule has 76 valence electrons. The van der Waals surface area contributed by atoms with Gasteiger partial charge in [-0.25, -0.2) is 0 Å². The van der Waals surface area contributed by atoms with Crippen LogP contribution in [-0.4, -0.2) is 0 Å². The predicted molar refractivity (Wildman–Crippen MR) is 61.6 cm³/mol. The Balaban J connectivity index is -0.000000175. The number of hydrogen-bond donors (Lipinski definition) is 0. The molecule has 0 nitrogen and oxygen atoms in total. The lowest BCUT2D eigenvalue weighted by atomic mass is 10.0. The van der Waals surface area contributed by atoms with Crippen molar-refractivity contribution in [1.82, 2.24) is 0 Å². The second-order valence-electron chi connectivity index (χ2n) is 2.38. The van der Waals surface area contributed by atoms with Crippen molar-refractivity contribution < 1.29 is 0 Å². The first-order chi connectivity index (χ1) is 5.81. The summed E-state index contributed by atoms with van der Waals surface area (Å²) in [4.78, 5) is 0. The van der Waals surface area contributed by atoms with Crippen molar-refractivity contribution in [2.24, 2.45) is 5.92 Å². The lowest BCUT2D eigenvalue weighted by molar-refractivity contribution is 0.522. The minimum Gasteiger partial charge on any atom is -0.103 e. The highest BCUT2D eigenvalue weighted by atomic mass is 14.0. The van der Waals surface area contributed by atoms with Crippen LogP contribution >= 0.6 is 0 Å². The SMILES string of the molecule is C=CCCC(C)CC.CC.CC. The molecule has 0 spiro atoms. The molecule has 0 aromatic carbocycles. The Morgan fingerprint density at radius 3 is 1.83 bits per heavy atom. The monoisotopic (exact) mass is 172 g/mol. The van der Waals surface area contributed by atoms with Crippen LogP contribution in [0.25, 0.3) is 0 Å². The van der Waals surface area contributed by atoms with Crippen LogP contribution in [0.2, 0.25) is 0 Å². The van der Waals surface area contributed by atoms with E-state index in [1.807, 2.05) is 33.8 Å². The number of allylic oxidation sites excluding steroid dienone is 1. The molecule has 0 fully saturated rings. The lowest BCUT2D eigenvalue weighted by Gasteiger charge is -2.03. The molecule has 0 rings (SSSR count). The Bertz CT molecular complexity index is 55.1. The summed E-state index contributed by atoms with van der Waals surface area (Å²) in [5.41, 5.74) is 0. The lowest BCUT2D eigenvalue weighted by Crippen LogP contribution is -1.88. The smallest absolute Gasteiger partial charge is 0.0351 e. The number of hydrogen-bond acceptors (Lipinski definition) is 0. The Morgan fingerprint density at radius 1 is 1.17 bits per heavy atom. The topological polar surface area (TPSA) is 0 Å². The van der Waals surface area contributed by atoms with E-state index in [2.05, 4.69) is 20.4 Å². The van der Waals surface area contributed by atoms with Crippen LogP contribution in [0.1, 0.15) is 60.8 Å². The van der Waals surface area contributed by atoms with Crippen LogP contribution in [-0.2, 0) is 0 Å². The largest absolute Gasteiger partial charge is 0.103 e. The summed E-state index contributed by atoms with van der Waals surface area (Å²) in [7, 11) is 0. The van der Waals surface area contributed by atoms with E-state index in [-0.39, 0.29) is 0 Å². The summed E-state index contributed by atoms with van der Waals surface area (Å²) in [6.07, 6.45) is 5.77. The van der Waals surface area contributed by atoms with E-state index in [0.717, 1.165) is 5.92 Å². The van der Waals surface area contributed by atoms with Crippen LogP contribution in [0.3, 0.4) is 0 Å². The number of rotatable bonds is 4. The van der Waals surface area contributed by atoms with E-state index in [4.69, 9.17) is 0 Å². The van der Waals surface area contributed by atoms with Crippen LogP contribution in [0.4, 0.5) is 0 Å². The molecule has 0 aliphatic heterocycles. The van der Waals surface area contributed by atoms with Gasteiger partial charge < -0.3 is 0 Å². The van der Waals surface area contributed by atoms with E-state index in [9.17, 15) is 0 Å². The predicted octanol–water partition coefficient (Wildman–Crippen LogP) is 5.05. The van der Waals surface area contributed by atoms with E-state index in [0.29, 0.717) is 0 Å². The first-order valence-electron chi connectivity index (χ1n) is 5.42. The summed E-state index contributed by atoms with van der Waals surface area (Å²) in [6.45, 7) is 16.2. The standard InChI is InChI=1S/C8H16.2C2H6/c1-4-6-7-8(3)5-2;2*1-2/h4,8H,1,5-7H2,2-3H3;2*1-2H3. The van der Waals surface area contributed by atoms with E-state index < -0.39 is 0 Å². The molecule has 0 bridgehead atoms. The molecule has 0 aromatic rings. The van der Waals surface area contributed by atoms with Gasteiger partial charge in [-0.3, -0.25) is 0 Å². The van der Waals surface area contributed by atoms with Crippen molar-refractivity contribution in [3.05, 3.63) is 12.7 Å². The fraction of sp³-hybridized carbons (Fsp3) is 0.833. The van der Waals surface area contributed by atoms with Gasteiger partial charge in [0, 0.05) is 0 Å². The van der Waals surface area contributed by atoms with Crippen LogP contribution < -0.4 is 0 Å². The van der Waals surface area contributed by atoms with Crippen LogP contribution in [0.15, 0.2) is 12.7 Å². The maximum atomic E-state index is 3.67. The minimum atomic E-state index is 0.882. The molecule has 1 unspecified atom stereocenters. The van der Waals surface area contributed by atoms with Crippen LogP contribution in [0, 0.1) is 5.92 Å². The third-order valence-electron chi connectivity index (χ3n) is 1.56. The first kappa shape index (κ1) is 17.7. The highest BCUT2D eigenvalue weighted by molar-refractivity contribution is 4.67. The molecule has 0 saturated heterocycles. The Hall–Kier alpha value is -0.260. The highest BCUT2D eigenvalue weighted by Gasteiger charge is 1.93. The molecule has 0 saturated carbocycles. The molecular formula is C12H28. The summed E-state index contributed by atoms with van der Waals surface area (Å²) in [5, 5.41) is 0. The van der Waals surface area contributed by atoms with Crippen molar-refractivity contribution in [1.29, 1.82) is 0 Å². The van der Waals surface area contributed by atoms with Gasteiger partial charge in [0.25, 0.3) is 0 Å². The van der Waals surface area contributed by atoms with Gasteiger partial charge in [0.05, 0.1) is 0 Å². The molecule has 12 heavy (non-hydrogen) atoms. The van der Waals surface area contributed by atoms with Gasteiger partial charge in [-0.1, -0.05) is 54.0 Å². The van der Waals surface area contributed by atoms with Gasteiger partial charge in [-0.2, -0.15) is 0 Å². The van der Waals surface area contributed by atoms with E-state index in [1.54, 1.807) is 0 Å². The van der Waals surface area contributed by atoms with Crippen molar-refractivity contribution in [3.63, 3.8) is 0 Å². The molecule has 0 heterocycles. The third-order valence-corrected chi connectivity index (χ3v) is 1.56. The summed E-state index contributed by atoms with van der Waals surface area (Å²) in [6, 6.07) is 0. The van der Waals surface area contributed by atoms with Gasteiger partial charge in [0.1, 0.15) is 0 Å². The maximum absolute atomic E-state index is 3.67. The van der Waals surface area contributed by atoms with E-state index >= 15 is 0 Å². The molecule has 0 N–H and O–H groups in total. The second kappa shape index (κ2) is 22.4. The normalized spacial score (nSPS) is 9.83. The third kappa shape index (κ3) is 22.6. The second-order valence-corrected chi connectivity index (χ2v) is 2.38. The zero-order chi connectivity index (χ0) is 10.4. The van der Waals surface area contributed by atoms with Crippen molar-refractivity contribution in [2.75, 3.05) is 0 Å². The van der Waals surface area contributed by atoms with Gasteiger partial charge in [-0.15, -0.1) is 6.58 Å². The van der Waals surface area contributed by atoms with Gasteiger partial charge in [0.15, 0.2) is 0 Å². The molecular weight excluding hydrogens is 144 g/mol. The molecule has 0 aromatic heterocycles. The Morgan fingerprint density at radius 2 is 1.58 bits per heavy atom. The quantitative estimate of drug-likeness (QED) is 0.520. The van der Waals surface area contributed by atoms with Crippen molar-refractivity contribution in [2.45, 2.75) is 60.8 Å². The average Bonchev–Trinajstić information content (AvgIpc) is 2.20. The first-order valence-corrected chi connectivity index (χ1v) is 5.42. The fourth-order valence-corrected chi connectivity index (χ4v) is 0.606. The molecule has 1 atom stereocenters. The summed E-state index contributed by atoms with van der Waals surface area (Å²) < 4.78 is 0. The molecule has 0 radical (unpaired) electrons. The molecule has 0 aliphatic carbocycles. The van der Waals surface area contributed by atoms with Gasteiger partial charge >= 0.3 is 0 Å². The average molecular weight is 172 g/mol. The Kier molecular flexibility index (Phi) is 33.1. The van der Waals surface area contributed by atoms with Gasteiger partial charge in [-0.05, 0) is 18.8 Å². The van der Waals surface area contributed by atoms with Crippen molar-refractivity contribution in [3.8, 4) is 0 Å². The van der Waals surface area contributed by atoms with Crippen LogP contribution in [0.5, 0.6) is 0 Å². The Labute approximate surface area is 80.1 Å². The molecule has 0 aliphatic rings. The molecule has 0 amide bonds. The van der Waals surface area contributed by atoms with Gasteiger partial charge in [0.2, 0.25) is 0 Å². The minimum absolute atomic E-state index is 0.882.